The van der Waals surface area contributed by atoms with Gasteiger partial charge in [-0.15, -0.1) is 0 Å². The lowest BCUT2D eigenvalue weighted by atomic mass is 10.2. The summed E-state index contributed by atoms with van der Waals surface area (Å²) in [6.07, 6.45) is 0. The predicted octanol–water partition coefficient (Wildman–Crippen LogP) is 1.39. The number of halogens is 1. The van der Waals surface area contributed by atoms with Gasteiger partial charge in [0.05, 0.1) is 13.2 Å². The Morgan fingerprint density at radius 3 is 2.78 bits per heavy atom. The van der Waals surface area contributed by atoms with Gasteiger partial charge in [-0.2, -0.15) is 0 Å². The average molecular weight is 254 g/mol. The van der Waals surface area contributed by atoms with E-state index in [1.807, 2.05) is 6.92 Å². The maximum absolute atomic E-state index is 13.3. The fourth-order valence-corrected chi connectivity index (χ4v) is 1.39. The predicted molar refractivity (Wildman–Crippen MR) is 68.9 cm³/mol. The summed E-state index contributed by atoms with van der Waals surface area (Å²) in [5.41, 5.74) is 0.979. The molecular formula is C13H19FN2O2. The number of aliphatic hydroxyl groups is 1. The van der Waals surface area contributed by atoms with Gasteiger partial charge in [-0.25, -0.2) is 4.39 Å². The first-order valence-electron chi connectivity index (χ1n) is 5.81. The van der Waals surface area contributed by atoms with Crippen LogP contribution in [0.15, 0.2) is 18.2 Å². The van der Waals surface area contributed by atoms with Crippen LogP contribution in [0, 0.1) is 12.7 Å². The molecule has 4 nitrogen and oxygen atoms in total. The highest BCUT2D eigenvalue weighted by Gasteiger charge is 2.12. The second-order valence-corrected chi connectivity index (χ2v) is 4.46. The first-order valence-corrected chi connectivity index (χ1v) is 5.81. The highest BCUT2D eigenvalue weighted by atomic mass is 19.1. The quantitative estimate of drug-likeness (QED) is 0.834. The third-order valence-corrected chi connectivity index (χ3v) is 2.87. The van der Waals surface area contributed by atoms with E-state index in [1.165, 1.54) is 6.07 Å². The van der Waals surface area contributed by atoms with Gasteiger partial charge in [-0.3, -0.25) is 9.69 Å². The number of benzene rings is 1. The molecule has 0 saturated carbocycles. The molecular weight excluding hydrogens is 235 g/mol. The molecule has 0 saturated heterocycles. The van der Waals surface area contributed by atoms with Crippen LogP contribution in [0.5, 0.6) is 0 Å². The summed E-state index contributed by atoms with van der Waals surface area (Å²) >= 11 is 0. The van der Waals surface area contributed by atoms with Gasteiger partial charge in [-0.1, -0.05) is 6.07 Å². The number of aliphatic hydroxyl groups excluding tert-OH is 1. The highest BCUT2D eigenvalue weighted by molar-refractivity contribution is 5.92. The molecule has 1 aromatic carbocycles. The van der Waals surface area contributed by atoms with Gasteiger partial charge in [0.25, 0.3) is 0 Å². The van der Waals surface area contributed by atoms with Gasteiger partial charge in [0, 0.05) is 11.7 Å². The van der Waals surface area contributed by atoms with E-state index in [2.05, 4.69) is 5.32 Å². The zero-order valence-electron chi connectivity index (χ0n) is 10.9. The number of nitrogens with zero attached hydrogens (tertiary/aromatic N) is 1. The van der Waals surface area contributed by atoms with Crippen molar-refractivity contribution in [2.75, 3.05) is 25.5 Å². The van der Waals surface area contributed by atoms with Gasteiger partial charge in [0.15, 0.2) is 0 Å². The van der Waals surface area contributed by atoms with E-state index in [4.69, 9.17) is 5.11 Å². The molecule has 0 aliphatic carbocycles. The normalized spacial score (nSPS) is 12.6. The Balaban J connectivity index is 2.57. The number of nitrogens with one attached hydrogen (secondary N) is 1. The van der Waals surface area contributed by atoms with Crippen molar-refractivity contribution < 1.29 is 14.3 Å². The summed E-state index contributed by atoms with van der Waals surface area (Å²) in [6, 6.07) is 4.48. The Kier molecular flexibility index (Phi) is 5.25. The fourth-order valence-electron chi connectivity index (χ4n) is 1.39. The minimum atomic E-state index is -0.343. The molecule has 0 fully saturated rings. The van der Waals surface area contributed by atoms with E-state index in [0.717, 1.165) is 0 Å². The SMILES string of the molecule is Cc1ccc(NC(=O)CN(C)C(C)CO)cc1F. The average Bonchev–Trinajstić information content (AvgIpc) is 2.32. The Hall–Kier alpha value is -1.46. The van der Waals surface area contributed by atoms with Gasteiger partial charge >= 0.3 is 0 Å². The summed E-state index contributed by atoms with van der Waals surface area (Å²) in [5, 5.41) is 11.6. The van der Waals surface area contributed by atoms with Gasteiger partial charge in [0.1, 0.15) is 5.82 Å². The maximum Gasteiger partial charge on any atom is 0.238 e. The summed E-state index contributed by atoms with van der Waals surface area (Å²) in [6.45, 7) is 3.62. The second kappa shape index (κ2) is 6.47. The molecule has 0 aromatic heterocycles. The second-order valence-electron chi connectivity index (χ2n) is 4.46. The minimum absolute atomic E-state index is 0.0110. The molecule has 0 aliphatic heterocycles. The Morgan fingerprint density at radius 2 is 2.22 bits per heavy atom. The van der Waals surface area contributed by atoms with Crippen molar-refractivity contribution in [3.05, 3.63) is 29.6 Å². The molecule has 1 aromatic rings. The van der Waals surface area contributed by atoms with Crippen molar-refractivity contribution in [3.8, 4) is 0 Å². The molecule has 0 aliphatic rings. The molecule has 0 spiro atoms. The van der Waals surface area contributed by atoms with Gasteiger partial charge < -0.3 is 10.4 Å². The minimum Gasteiger partial charge on any atom is -0.395 e. The van der Waals surface area contributed by atoms with Crippen LogP contribution in [0.1, 0.15) is 12.5 Å². The molecule has 0 radical (unpaired) electrons. The molecule has 2 N–H and O–H groups in total. The lowest BCUT2D eigenvalue weighted by molar-refractivity contribution is -0.117. The van der Waals surface area contributed by atoms with Crippen LogP contribution in [0.4, 0.5) is 10.1 Å². The van der Waals surface area contributed by atoms with Crippen LogP contribution in [0.25, 0.3) is 0 Å². The topological polar surface area (TPSA) is 52.6 Å². The van der Waals surface area contributed by atoms with Crippen LogP contribution in [-0.2, 0) is 4.79 Å². The van der Waals surface area contributed by atoms with Gasteiger partial charge in [-0.05, 0) is 38.6 Å². The summed E-state index contributed by atoms with van der Waals surface area (Å²) in [5.74, 6) is -0.578. The first kappa shape index (κ1) is 14.6. The fraction of sp³-hybridized carbons (Fsp3) is 0.462. The Bertz CT molecular complexity index is 423. The van der Waals surface area contributed by atoms with E-state index >= 15 is 0 Å². The monoisotopic (exact) mass is 254 g/mol. The van der Waals surface area contributed by atoms with E-state index in [0.29, 0.717) is 11.3 Å². The summed E-state index contributed by atoms with van der Waals surface area (Å²) < 4.78 is 13.3. The largest absolute Gasteiger partial charge is 0.395 e. The Morgan fingerprint density at radius 1 is 1.56 bits per heavy atom. The molecule has 1 unspecified atom stereocenters. The third-order valence-electron chi connectivity index (χ3n) is 2.87. The highest BCUT2D eigenvalue weighted by Crippen LogP contribution is 2.13. The molecule has 0 bridgehead atoms. The molecule has 1 amide bonds. The zero-order chi connectivity index (χ0) is 13.7. The van der Waals surface area contributed by atoms with E-state index < -0.39 is 0 Å². The maximum atomic E-state index is 13.3. The number of likely N-dealkylation sites (N-methyl/N-ethyl adjacent to an activating group) is 1. The molecule has 18 heavy (non-hydrogen) atoms. The number of rotatable bonds is 5. The molecule has 0 heterocycles. The number of aryl methyl sites for hydroxylation is 1. The van der Waals surface area contributed by atoms with Gasteiger partial charge in [0.2, 0.25) is 5.91 Å². The van der Waals surface area contributed by atoms with Crippen molar-refractivity contribution >= 4 is 11.6 Å². The van der Waals surface area contributed by atoms with Crippen LogP contribution < -0.4 is 5.32 Å². The Labute approximate surface area is 106 Å². The standard InChI is InChI=1S/C13H19FN2O2/c1-9-4-5-11(6-12(9)14)15-13(18)7-16(3)10(2)8-17/h4-6,10,17H,7-8H2,1-3H3,(H,15,18). The number of amides is 1. The number of anilines is 1. The van der Waals surface area contributed by atoms with Crippen molar-refractivity contribution in [1.29, 1.82) is 0 Å². The van der Waals surface area contributed by atoms with E-state index in [9.17, 15) is 9.18 Å². The van der Waals surface area contributed by atoms with Crippen molar-refractivity contribution in [3.63, 3.8) is 0 Å². The number of carbonyl (C=O) groups is 1. The summed E-state index contributed by atoms with van der Waals surface area (Å²) in [4.78, 5) is 13.4. The van der Waals surface area contributed by atoms with Crippen LogP contribution in [-0.4, -0.2) is 42.2 Å². The lowest BCUT2D eigenvalue weighted by Crippen LogP contribution is -2.38. The smallest absolute Gasteiger partial charge is 0.238 e. The van der Waals surface area contributed by atoms with Crippen molar-refractivity contribution in [2.24, 2.45) is 0 Å². The lowest BCUT2D eigenvalue weighted by Gasteiger charge is -2.21. The molecule has 5 heteroatoms. The van der Waals surface area contributed by atoms with Crippen molar-refractivity contribution in [1.82, 2.24) is 4.90 Å². The molecule has 1 rings (SSSR count). The number of hydrogen-bond donors (Lipinski definition) is 2. The number of carbonyl (C=O) groups excluding carboxylic acids is 1. The van der Waals surface area contributed by atoms with E-state index in [-0.39, 0.29) is 30.9 Å². The van der Waals surface area contributed by atoms with Crippen molar-refractivity contribution in [2.45, 2.75) is 19.9 Å². The van der Waals surface area contributed by atoms with Crippen LogP contribution in [0.2, 0.25) is 0 Å². The zero-order valence-corrected chi connectivity index (χ0v) is 10.9. The van der Waals surface area contributed by atoms with Crippen LogP contribution in [0.3, 0.4) is 0 Å². The molecule has 1 atom stereocenters. The third kappa shape index (κ3) is 4.09. The number of hydrogen-bond acceptors (Lipinski definition) is 3. The first-order chi connectivity index (χ1) is 8.43. The summed E-state index contributed by atoms with van der Waals surface area (Å²) in [7, 11) is 1.75. The van der Waals surface area contributed by atoms with E-state index in [1.54, 1.807) is 31.0 Å². The molecule has 100 valence electrons. The van der Waals surface area contributed by atoms with Crippen LogP contribution >= 0.6 is 0 Å².